The van der Waals surface area contributed by atoms with Gasteiger partial charge in [0.1, 0.15) is 11.9 Å². The van der Waals surface area contributed by atoms with E-state index in [-0.39, 0.29) is 24.2 Å². The van der Waals surface area contributed by atoms with E-state index in [9.17, 15) is 10.2 Å². The predicted molar refractivity (Wildman–Crippen MR) is 86.5 cm³/mol. The smallest absolute Gasteiger partial charge is 0.129 e. The quantitative estimate of drug-likeness (QED) is 0.826. The molecule has 1 saturated carbocycles. The first-order valence-corrected chi connectivity index (χ1v) is 8.88. The molecule has 5 rings (SSSR count). The minimum atomic E-state index is -0.705. The van der Waals surface area contributed by atoms with Gasteiger partial charge in [0.15, 0.2) is 0 Å². The van der Waals surface area contributed by atoms with Crippen LogP contribution in [0.2, 0.25) is 0 Å². The Morgan fingerprint density at radius 3 is 2.96 bits per heavy atom. The first kappa shape index (κ1) is 14.3. The number of aliphatic hydroxyl groups is 2. The summed E-state index contributed by atoms with van der Waals surface area (Å²) in [5.41, 5.74) is 2.43. The highest BCUT2D eigenvalue weighted by Gasteiger charge is 2.71. The molecule has 124 valence electrons. The Morgan fingerprint density at radius 1 is 1.35 bits per heavy atom. The topological polar surface area (TPSA) is 52.9 Å². The van der Waals surface area contributed by atoms with Gasteiger partial charge in [0.25, 0.3) is 0 Å². The highest BCUT2D eigenvalue weighted by atomic mass is 16.5. The van der Waals surface area contributed by atoms with Gasteiger partial charge in [-0.05, 0) is 50.8 Å². The molecule has 4 aliphatic rings. The van der Waals surface area contributed by atoms with Gasteiger partial charge in [-0.1, -0.05) is 19.1 Å². The average molecular weight is 315 g/mol. The third kappa shape index (κ3) is 1.40. The maximum absolute atomic E-state index is 11.9. The van der Waals surface area contributed by atoms with Gasteiger partial charge in [-0.2, -0.15) is 0 Å². The molecule has 0 amide bonds. The number of piperidine rings is 1. The van der Waals surface area contributed by atoms with Gasteiger partial charge in [-0.15, -0.1) is 0 Å². The second-order valence-electron chi connectivity index (χ2n) is 8.15. The molecule has 2 fully saturated rings. The zero-order valence-electron chi connectivity index (χ0n) is 13.9. The van der Waals surface area contributed by atoms with Gasteiger partial charge in [-0.25, -0.2) is 0 Å². The monoisotopic (exact) mass is 315 g/mol. The van der Waals surface area contributed by atoms with Crippen molar-refractivity contribution in [1.82, 2.24) is 4.90 Å². The summed E-state index contributed by atoms with van der Waals surface area (Å²) in [6.07, 6.45) is 3.73. The Balaban J connectivity index is 1.84. The Morgan fingerprint density at radius 2 is 2.17 bits per heavy atom. The van der Waals surface area contributed by atoms with Crippen molar-refractivity contribution >= 4 is 0 Å². The largest absolute Gasteiger partial charge is 0.488 e. The SMILES string of the molecule is CC1CC[C@@]2(O)C3Cc4ccc(CO)c5c4[C@@]2(CCN3C)C1O5. The molecule has 4 heteroatoms. The van der Waals surface area contributed by atoms with E-state index in [0.717, 1.165) is 43.5 Å². The lowest BCUT2D eigenvalue weighted by atomic mass is 9.47. The fourth-order valence-corrected chi connectivity index (χ4v) is 6.20. The summed E-state index contributed by atoms with van der Waals surface area (Å²) in [5.74, 6) is 1.31. The molecule has 2 heterocycles. The van der Waals surface area contributed by atoms with Gasteiger partial charge in [-0.3, -0.25) is 0 Å². The highest BCUT2D eigenvalue weighted by Crippen LogP contribution is 2.65. The molecule has 2 aliphatic heterocycles. The molecule has 4 nitrogen and oxygen atoms in total. The van der Waals surface area contributed by atoms with Crippen LogP contribution in [0.5, 0.6) is 5.75 Å². The summed E-state index contributed by atoms with van der Waals surface area (Å²) < 4.78 is 6.47. The van der Waals surface area contributed by atoms with E-state index in [1.54, 1.807) is 0 Å². The normalized spacial score (nSPS) is 43.9. The Kier molecular flexibility index (Phi) is 2.66. The van der Waals surface area contributed by atoms with Crippen molar-refractivity contribution < 1.29 is 14.9 Å². The van der Waals surface area contributed by atoms with Crippen molar-refractivity contribution in [2.45, 2.75) is 62.4 Å². The molecular weight excluding hydrogens is 290 g/mol. The van der Waals surface area contributed by atoms with E-state index in [4.69, 9.17) is 4.74 Å². The molecular formula is C19H25NO3. The number of nitrogens with zero attached hydrogens (tertiary/aromatic N) is 1. The lowest BCUT2D eigenvalue weighted by Gasteiger charge is -2.63. The first-order valence-electron chi connectivity index (χ1n) is 8.88. The van der Waals surface area contributed by atoms with Crippen LogP contribution in [-0.2, 0) is 18.4 Å². The van der Waals surface area contributed by atoms with Gasteiger partial charge >= 0.3 is 0 Å². The summed E-state index contributed by atoms with van der Waals surface area (Å²) in [5, 5.41) is 21.6. The van der Waals surface area contributed by atoms with Crippen molar-refractivity contribution in [2.75, 3.05) is 13.6 Å². The molecule has 1 aromatic carbocycles. The van der Waals surface area contributed by atoms with E-state index in [2.05, 4.69) is 24.9 Å². The van der Waals surface area contributed by atoms with Crippen molar-refractivity contribution in [1.29, 1.82) is 0 Å². The van der Waals surface area contributed by atoms with E-state index in [0.29, 0.717) is 5.92 Å². The van der Waals surface area contributed by atoms with Gasteiger partial charge in [0, 0.05) is 17.2 Å². The summed E-state index contributed by atoms with van der Waals surface area (Å²) in [6, 6.07) is 4.34. The van der Waals surface area contributed by atoms with Crippen LogP contribution < -0.4 is 4.74 Å². The van der Waals surface area contributed by atoms with Crippen LogP contribution in [0.1, 0.15) is 42.9 Å². The molecule has 1 aromatic rings. The Hall–Kier alpha value is -1.10. The minimum absolute atomic E-state index is 0.00154. The number of likely N-dealkylation sites (tertiary alicyclic amines) is 1. The predicted octanol–water partition coefficient (Wildman–Crippen LogP) is 1.60. The molecule has 1 saturated heterocycles. The molecule has 2 bridgehead atoms. The molecule has 23 heavy (non-hydrogen) atoms. The second-order valence-corrected chi connectivity index (χ2v) is 8.15. The first-order chi connectivity index (χ1) is 11.0. The summed E-state index contributed by atoms with van der Waals surface area (Å²) in [6.45, 7) is 3.26. The number of hydrogen-bond donors (Lipinski definition) is 2. The maximum Gasteiger partial charge on any atom is 0.129 e. The maximum atomic E-state index is 11.9. The van der Waals surface area contributed by atoms with Crippen LogP contribution in [0.4, 0.5) is 0 Å². The molecule has 0 aromatic heterocycles. The number of rotatable bonds is 1. The van der Waals surface area contributed by atoms with E-state index in [1.807, 2.05) is 6.07 Å². The molecule has 5 atom stereocenters. The van der Waals surface area contributed by atoms with Crippen molar-refractivity contribution in [3.05, 3.63) is 28.8 Å². The average Bonchev–Trinajstić information content (AvgIpc) is 2.90. The van der Waals surface area contributed by atoms with Gasteiger partial charge < -0.3 is 19.8 Å². The molecule has 3 unspecified atom stereocenters. The molecule has 2 N–H and O–H groups in total. The van der Waals surface area contributed by atoms with E-state index < -0.39 is 5.60 Å². The van der Waals surface area contributed by atoms with E-state index in [1.165, 1.54) is 11.1 Å². The van der Waals surface area contributed by atoms with Gasteiger partial charge in [0.05, 0.1) is 17.6 Å². The van der Waals surface area contributed by atoms with Crippen LogP contribution in [0.25, 0.3) is 0 Å². The van der Waals surface area contributed by atoms with Crippen LogP contribution in [0.3, 0.4) is 0 Å². The number of aliphatic hydroxyl groups excluding tert-OH is 1. The molecule has 2 aliphatic carbocycles. The van der Waals surface area contributed by atoms with Crippen LogP contribution in [0, 0.1) is 5.92 Å². The minimum Gasteiger partial charge on any atom is -0.488 e. The zero-order chi connectivity index (χ0) is 16.0. The van der Waals surface area contributed by atoms with Crippen molar-refractivity contribution in [3.63, 3.8) is 0 Å². The standard InChI is InChI=1S/C19H25NO3/c1-11-5-6-19(22)14-9-12-3-4-13(10-21)16-15(12)18(19,17(11)23-16)7-8-20(14)2/h3-4,11,14,17,21-22H,5-10H2,1-2H3/t11?,14?,17?,18-,19+/m0/s1. The Labute approximate surface area is 137 Å². The zero-order valence-corrected chi connectivity index (χ0v) is 13.9. The third-order valence-corrected chi connectivity index (χ3v) is 7.30. The highest BCUT2D eigenvalue weighted by molar-refractivity contribution is 5.60. The lowest BCUT2D eigenvalue weighted by Crippen LogP contribution is -2.75. The van der Waals surface area contributed by atoms with Crippen LogP contribution >= 0.6 is 0 Å². The number of benzene rings is 1. The van der Waals surface area contributed by atoms with E-state index >= 15 is 0 Å². The molecule has 0 radical (unpaired) electrons. The van der Waals surface area contributed by atoms with Gasteiger partial charge in [0.2, 0.25) is 0 Å². The second kappa shape index (κ2) is 4.29. The summed E-state index contributed by atoms with van der Waals surface area (Å²) >= 11 is 0. The summed E-state index contributed by atoms with van der Waals surface area (Å²) in [4.78, 5) is 2.35. The lowest BCUT2D eigenvalue weighted by molar-refractivity contribution is -0.191. The van der Waals surface area contributed by atoms with Crippen LogP contribution in [-0.4, -0.2) is 46.5 Å². The number of ether oxygens (including phenoxy) is 1. The Bertz CT molecular complexity index is 689. The molecule has 1 spiro atoms. The fourth-order valence-electron chi connectivity index (χ4n) is 6.20. The summed E-state index contributed by atoms with van der Waals surface area (Å²) in [7, 11) is 2.15. The third-order valence-electron chi connectivity index (χ3n) is 7.30. The van der Waals surface area contributed by atoms with Crippen molar-refractivity contribution in [2.24, 2.45) is 5.92 Å². The fraction of sp³-hybridized carbons (Fsp3) is 0.684. The van der Waals surface area contributed by atoms with Crippen LogP contribution in [0.15, 0.2) is 12.1 Å². The van der Waals surface area contributed by atoms with Crippen molar-refractivity contribution in [3.8, 4) is 5.75 Å². The number of hydrogen-bond acceptors (Lipinski definition) is 4. The number of likely N-dealkylation sites (N-methyl/N-ethyl adjacent to an activating group) is 1.